The van der Waals surface area contributed by atoms with Crippen molar-refractivity contribution in [2.45, 2.75) is 63.0 Å². The van der Waals surface area contributed by atoms with Crippen molar-refractivity contribution >= 4 is 41.4 Å². The SMILES string of the molecule is Cc1ccc(S(=O)(=O)Nc2cc(Cl)cnc2C(O)c2ccnc(NCCO[Si](C)(C)C(C)(C)C)c2)cc1C(F)(F)F. The van der Waals surface area contributed by atoms with Crippen molar-refractivity contribution in [2.24, 2.45) is 0 Å². The molecule has 3 rings (SSSR count). The average Bonchev–Trinajstić information content (AvgIpc) is 2.85. The molecule has 224 valence electrons. The molecule has 0 radical (unpaired) electrons. The molecule has 2 aromatic heterocycles. The van der Waals surface area contributed by atoms with E-state index < -0.39 is 41.1 Å². The van der Waals surface area contributed by atoms with Crippen molar-refractivity contribution < 1.29 is 31.1 Å². The van der Waals surface area contributed by atoms with E-state index in [2.05, 4.69) is 53.9 Å². The van der Waals surface area contributed by atoms with Gasteiger partial charge in [0.15, 0.2) is 8.32 Å². The molecule has 0 spiro atoms. The smallest absolute Gasteiger partial charge is 0.415 e. The number of nitrogens with one attached hydrogen (secondary N) is 2. The molecule has 1 unspecified atom stereocenters. The Balaban J connectivity index is 1.83. The first kappa shape index (κ1) is 32.8. The summed E-state index contributed by atoms with van der Waals surface area (Å²) in [6, 6.07) is 7.04. The molecule has 8 nitrogen and oxygen atoms in total. The van der Waals surface area contributed by atoms with Crippen LogP contribution in [0.25, 0.3) is 0 Å². The van der Waals surface area contributed by atoms with E-state index in [4.69, 9.17) is 16.0 Å². The summed E-state index contributed by atoms with van der Waals surface area (Å²) in [6.07, 6.45) is -3.45. The third kappa shape index (κ3) is 8.19. The number of aliphatic hydroxyl groups is 1. The Morgan fingerprint density at radius 3 is 2.41 bits per heavy atom. The molecule has 0 fully saturated rings. The zero-order valence-electron chi connectivity index (χ0n) is 23.6. The number of aliphatic hydroxyl groups excluding tert-OH is 1. The van der Waals surface area contributed by atoms with E-state index >= 15 is 0 Å². The van der Waals surface area contributed by atoms with Gasteiger partial charge < -0.3 is 14.8 Å². The molecule has 14 heteroatoms. The van der Waals surface area contributed by atoms with Gasteiger partial charge in [-0.05, 0) is 66.5 Å². The van der Waals surface area contributed by atoms with E-state index in [-0.39, 0.29) is 27.0 Å². The summed E-state index contributed by atoms with van der Waals surface area (Å²) in [4.78, 5) is 7.77. The van der Waals surface area contributed by atoms with Crippen LogP contribution in [0.15, 0.2) is 53.7 Å². The molecule has 3 N–H and O–H groups in total. The first-order chi connectivity index (χ1) is 18.8. The number of anilines is 2. The molecule has 0 saturated heterocycles. The van der Waals surface area contributed by atoms with Crippen LogP contribution in [-0.2, 0) is 20.6 Å². The number of alkyl halides is 3. The van der Waals surface area contributed by atoms with Crippen LogP contribution in [0.4, 0.5) is 24.7 Å². The Kier molecular flexibility index (Phi) is 9.81. The van der Waals surface area contributed by atoms with Crippen LogP contribution in [0.2, 0.25) is 23.2 Å². The van der Waals surface area contributed by atoms with Gasteiger partial charge in [-0.1, -0.05) is 38.4 Å². The predicted molar refractivity (Wildman–Crippen MR) is 156 cm³/mol. The number of hydrogen-bond donors (Lipinski definition) is 3. The third-order valence-corrected chi connectivity index (χ3v) is 13.1. The molecule has 0 aliphatic heterocycles. The van der Waals surface area contributed by atoms with Gasteiger partial charge in [0.05, 0.1) is 33.5 Å². The second-order valence-corrected chi connectivity index (χ2v) is 18.0. The van der Waals surface area contributed by atoms with Crippen molar-refractivity contribution in [1.82, 2.24) is 9.97 Å². The standard InChI is InChI=1S/C27H34ClF3N4O4SSi/c1-17-7-8-20(15-21(17)27(29,30)31)40(37,38)35-22-14-19(28)16-34-24(22)25(36)18-9-10-32-23(13-18)33-11-12-39-41(5,6)26(2,3)4/h7-10,13-16,25,35-36H,11-12H2,1-6H3,(H,32,33). The number of benzene rings is 1. The van der Waals surface area contributed by atoms with Gasteiger partial charge in [-0.15, -0.1) is 0 Å². The number of pyridine rings is 2. The lowest BCUT2D eigenvalue weighted by Crippen LogP contribution is -2.41. The molecular weight excluding hydrogens is 597 g/mol. The number of sulfonamides is 1. The molecule has 0 amide bonds. The minimum Gasteiger partial charge on any atom is -0.415 e. The topological polar surface area (TPSA) is 113 Å². The van der Waals surface area contributed by atoms with E-state index in [1.807, 2.05) is 0 Å². The van der Waals surface area contributed by atoms with Gasteiger partial charge in [-0.25, -0.2) is 13.4 Å². The zero-order valence-corrected chi connectivity index (χ0v) is 26.2. The third-order valence-electron chi connectivity index (χ3n) is 6.99. The van der Waals surface area contributed by atoms with Crippen molar-refractivity contribution in [3.05, 3.63) is 76.2 Å². The molecular formula is C27H34ClF3N4O4SSi. The highest BCUT2D eigenvalue weighted by atomic mass is 35.5. The second kappa shape index (κ2) is 12.3. The lowest BCUT2D eigenvalue weighted by Gasteiger charge is -2.36. The maximum Gasteiger partial charge on any atom is 0.416 e. The largest absolute Gasteiger partial charge is 0.416 e. The fourth-order valence-electron chi connectivity index (χ4n) is 3.60. The molecule has 0 bridgehead atoms. The minimum absolute atomic E-state index is 0.0531. The van der Waals surface area contributed by atoms with Gasteiger partial charge in [0.25, 0.3) is 10.0 Å². The molecule has 41 heavy (non-hydrogen) atoms. The Bertz CT molecular complexity index is 1500. The van der Waals surface area contributed by atoms with Crippen LogP contribution >= 0.6 is 11.6 Å². The van der Waals surface area contributed by atoms with Crippen LogP contribution in [0.3, 0.4) is 0 Å². The lowest BCUT2D eigenvalue weighted by atomic mass is 10.1. The number of halogens is 4. The Hall–Kier alpha value is -2.71. The molecule has 0 saturated carbocycles. The van der Waals surface area contributed by atoms with Crippen molar-refractivity contribution in [2.75, 3.05) is 23.2 Å². The van der Waals surface area contributed by atoms with Gasteiger partial charge in [0.2, 0.25) is 0 Å². The number of aryl methyl sites for hydroxylation is 1. The Labute approximate surface area is 244 Å². The van der Waals surface area contributed by atoms with Crippen LogP contribution in [-0.4, -0.2) is 45.0 Å². The average molecular weight is 631 g/mol. The summed E-state index contributed by atoms with van der Waals surface area (Å²) in [5.74, 6) is 0.454. The first-order valence-corrected chi connectivity index (χ1v) is 17.5. The predicted octanol–water partition coefficient (Wildman–Crippen LogP) is 6.77. The van der Waals surface area contributed by atoms with E-state index in [1.165, 1.54) is 31.5 Å². The molecule has 0 aliphatic rings. The van der Waals surface area contributed by atoms with Gasteiger partial charge in [-0.2, -0.15) is 13.2 Å². The van der Waals surface area contributed by atoms with Crippen molar-refractivity contribution in [3.8, 4) is 0 Å². The lowest BCUT2D eigenvalue weighted by molar-refractivity contribution is -0.138. The van der Waals surface area contributed by atoms with E-state index in [0.29, 0.717) is 30.6 Å². The summed E-state index contributed by atoms with van der Waals surface area (Å²) >= 11 is 6.05. The number of rotatable bonds is 10. The minimum atomic E-state index is -4.74. The Morgan fingerprint density at radius 1 is 1.10 bits per heavy atom. The monoisotopic (exact) mass is 630 g/mol. The second-order valence-electron chi connectivity index (χ2n) is 11.1. The molecule has 2 heterocycles. The van der Waals surface area contributed by atoms with Crippen molar-refractivity contribution in [1.29, 1.82) is 0 Å². The van der Waals surface area contributed by atoms with Crippen LogP contribution in [0, 0.1) is 6.92 Å². The zero-order chi connectivity index (χ0) is 30.8. The highest BCUT2D eigenvalue weighted by Gasteiger charge is 2.37. The quantitative estimate of drug-likeness (QED) is 0.167. The van der Waals surface area contributed by atoms with Gasteiger partial charge in [-0.3, -0.25) is 9.71 Å². The van der Waals surface area contributed by atoms with Gasteiger partial charge in [0.1, 0.15) is 11.9 Å². The first-order valence-electron chi connectivity index (χ1n) is 12.7. The van der Waals surface area contributed by atoms with Crippen LogP contribution in [0.1, 0.15) is 49.3 Å². The highest BCUT2D eigenvalue weighted by molar-refractivity contribution is 7.92. The molecule has 1 aromatic carbocycles. The molecule has 0 aliphatic carbocycles. The van der Waals surface area contributed by atoms with E-state index in [1.54, 1.807) is 6.07 Å². The Morgan fingerprint density at radius 2 is 1.78 bits per heavy atom. The molecule has 3 aromatic rings. The fraction of sp³-hybridized carbons (Fsp3) is 0.407. The maximum atomic E-state index is 13.4. The van der Waals surface area contributed by atoms with Crippen LogP contribution < -0.4 is 10.0 Å². The summed E-state index contributed by atoms with van der Waals surface area (Å²) in [6.45, 7) is 12.9. The van der Waals surface area contributed by atoms with Gasteiger partial charge in [0, 0.05) is 18.9 Å². The number of hydrogen-bond acceptors (Lipinski definition) is 7. The summed E-state index contributed by atoms with van der Waals surface area (Å²) < 4.78 is 74.7. The fourth-order valence-corrected chi connectivity index (χ4v) is 5.89. The normalized spacial score (nSPS) is 13.6. The van der Waals surface area contributed by atoms with Crippen LogP contribution in [0.5, 0.6) is 0 Å². The number of nitrogens with zero attached hydrogens (tertiary/aromatic N) is 2. The maximum absolute atomic E-state index is 13.4. The highest BCUT2D eigenvalue weighted by Crippen LogP contribution is 2.37. The van der Waals surface area contributed by atoms with E-state index in [0.717, 1.165) is 12.1 Å². The van der Waals surface area contributed by atoms with E-state index in [9.17, 15) is 26.7 Å². The number of aromatic nitrogens is 2. The van der Waals surface area contributed by atoms with Gasteiger partial charge >= 0.3 is 6.18 Å². The summed E-state index contributed by atoms with van der Waals surface area (Å²) in [5.41, 5.74) is -1.13. The summed E-state index contributed by atoms with van der Waals surface area (Å²) in [7, 11) is -6.43. The summed E-state index contributed by atoms with van der Waals surface area (Å²) in [5, 5.41) is 14.4. The van der Waals surface area contributed by atoms with Crippen molar-refractivity contribution in [3.63, 3.8) is 0 Å². The molecule has 1 atom stereocenters.